The Labute approximate surface area is 187 Å². The second-order valence-electron chi connectivity index (χ2n) is 6.21. The molecule has 31 heavy (non-hydrogen) atoms. The fourth-order valence-corrected chi connectivity index (χ4v) is 4.20. The molecule has 0 aliphatic carbocycles. The Hall–Kier alpha value is -3.37. The number of aromatic nitrogens is 4. The number of rotatable bonds is 8. The number of thiazole rings is 1. The summed E-state index contributed by atoms with van der Waals surface area (Å²) < 4.78 is 12.7. The summed E-state index contributed by atoms with van der Waals surface area (Å²) in [6.45, 7) is 0. The van der Waals surface area contributed by atoms with Gasteiger partial charge in [-0.25, -0.2) is 4.98 Å². The highest BCUT2D eigenvalue weighted by Crippen LogP contribution is 2.33. The Balaban J connectivity index is 1.67. The number of hydrogen-bond acceptors (Lipinski definition) is 8. The lowest BCUT2D eigenvalue weighted by Crippen LogP contribution is -2.14. The number of carbonyl (C=O) groups is 1. The number of ether oxygens (including phenoxy) is 2. The van der Waals surface area contributed by atoms with E-state index in [9.17, 15) is 4.79 Å². The van der Waals surface area contributed by atoms with Gasteiger partial charge in [0.1, 0.15) is 11.5 Å². The molecule has 2 heterocycles. The first-order chi connectivity index (χ1) is 15.2. The van der Waals surface area contributed by atoms with Crippen molar-refractivity contribution >= 4 is 34.1 Å². The van der Waals surface area contributed by atoms with Gasteiger partial charge in [0.2, 0.25) is 5.91 Å². The zero-order valence-corrected chi connectivity index (χ0v) is 18.4. The number of anilines is 1. The van der Waals surface area contributed by atoms with Crippen LogP contribution in [0.2, 0.25) is 0 Å². The average Bonchev–Trinajstić information content (AvgIpc) is 3.47. The van der Waals surface area contributed by atoms with Crippen LogP contribution in [0.5, 0.6) is 11.5 Å². The zero-order chi connectivity index (χ0) is 21.6. The van der Waals surface area contributed by atoms with Gasteiger partial charge in [0.25, 0.3) is 0 Å². The van der Waals surface area contributed by atoms with Gasteiger partial charge >= 0.3 is 0 Å². The minimum absolute atomic E-state index is 0.164. The van der Waals surface area contributed by atoms with E-state index in [2.05, 4.69) is 20.5 Å². The zero-order valence-electron chi connectivity index (χ0n) is 16.8. The molecule has 0 saturated carbocycles. The summed E-state index contributed by atoms with van der Waals surface area (Å²) in [6.07, 6.45) is 1.65. The fraction of sp³-hybridized carbons (Fsp3) is 0.143. The van der Waals surface area contributed by atoms with Crippen molar-refractivity contribution in [3.63, 3.8) is 0 Å². The predicted molar refractivity (Wildman–Crippen MR) is 121 cm³/mol. The summed E-state index contributed by atoms with van der Waals surface area (Å²) in [5.74, 6) is 2.05. The van der Waals surface area contributed by atoms with Gasteiger partial charge in [-0.05, 0) is 36.4 Å². The van der Waals surface area contributed by atoms with Crippen molar-refractivity contribution in [2.75, 3.05) is 25.3 Å². The average molecular weight is 454 g/mol. The molecule has 0 spiro atoms. The van der Waals surface area contributed by atoms with E-state index < -0.39 is 0 Å². The van der Waals surface area contributed by atoms with Crippen molar-refractivity contribution in [1.82, 2.24) is 19.7 Å². The van der Waals surface area contributed by atoms with E-state index in [1.54, 1.807) is 20.4 Å². The number of nitrogens with zero attached hydrogens (tertiary/aromatic N) is 4. The first-order valence-corrected chi connectivity index (χ1v) is 11.1. The summed E-state index contributed by atoms with van der Waals surface area (Å²) in [6, 6.07) is 15.2. The van der Waals surface area contributed by atoms with Crippen molar-refractivity contribution in [3.05, 3.63) is 60.1 Å². The highest BCUT2D eigenvalue weighted by atomic mass is 32.2. The Kier molecular flexibility index (Phi) is 6.48. The monoisotopic (exact) mass is 453 g/mol. The molecular weight excluding hydrogens is 434 g/mol. The highest BCUT2D eigenvalue weighted by Gasteiger charge is 2.20. The summed E-state index contributed by atoms with van der Waals surface area (Å²) in [7, 11) is 3.24. The van der Waals surface area contributed by atoms with Crippen molar-refractivity contribution in [1.29, 1.82) is 0 Å². The number of thioether (sulfide) groups is 1. The molecular formula is C21H19N5O3S2. The number of benzene rings is 2. The smallest absolute Gasteiger partial charge is 0.236 e. The molecule has 0 radical (unpaired) electrons. The third-order valence-electron chi connectivity index (χ3n) is 4.32. The second kappa shape index (κ2) is 9.63. The van der Waals surface area contributed by atoms with Crippen LogP contribution in [0.4, 0.5) is 5.13 Å². The molecule has 4 rings (SSSR count). The van der Waals surface area contributed by atoms with Gasteiger partial charge in [-0.1, -0.05) is 23.9 Å². The van der Waals surface area contributed by atoms with Crippen LogP contribution in [0.1, 0.15) is 0 Å². The van der Waals surface area contributed by atoms with Crippen LogP contribution in [0.25, 0.3) is 17.1 Å². The summed E-state index contributed by atoms with van der Waals surface area (Å²) in [4.78, 5) is 16.4. The first kappa shape index (κ1) is 20.9. The SMILES string of the molecule is COc1ccc(-n2c(SCC(=O)Nc3nccs3)nnc2-c2ccccc2OC)cc1. The molecule has 1 amide bonds. The van der Waals surface area contributed by atoms with Gasteiger partial charge in [0.15, 0.2) is 16.1 Å². The maximum absolute atomic E-state index is 12.3. The van der Waals surface area contributed by atoms with Gasteiger partial charge in [-0.15, -0.1) is 21.5 Å². The third-order valence-corrected chi connectivity index (χ3v) is 5.94. The lowest BCUT2D eigenvalue weighted by molar-refractivity contribution is -0.113. The maximum atomic E-state index is 12.3. The van der Waals surface area contributed by atoms with E-state index in [1.807, 2.05) is 58.5 Å². The Bertz CT molecular complexity index is 1160. The van der Waals surface area contributed by atoms with E-state index in [-0.39, 0.29) is 11.7 Å². The Morgan fingerprint density at radius 2 is 1.90 bits per heavy atom. The summed E-state index contributed by atoms with van der Waals surface area (Å²) in [5.41, 5.74) is 1.64. The molecule has 1 N–H and O–H groups in total. The number of nitrogens with one attached hydrogen (secondary N) is 1. The van der Waals surface area contributed by atoms with E-state index in [0.717, 1.165) is 17.0 Å². The van der Waals surface area contributed by atoms with Gasteiger partial charge in [-0.3, -0.25) is 9.36 Å². The molecule has 8 nitrogen and oxygen atoms in total. The third kappa shape index (κ3) is 4.70. The van der Waals surface area contributed by atoms with E-state index >= 15 is 0 Å². The van der Waals surface area contributed by atoms with Crippen molar-refractivity contribution < 1.29 is 14.3 Å². The van der Waals surface area contributed by atoms with E-state index in [4.69, 9.17) is 9.47 Å². The molecule has 0 saturated heterocycles. The molecule has 0 fully saturated rings. The second-order valence-corrected chi connectivity index (χ2v) is 8.05. The Morgan fingerprint density at radius 3 is 2.61 bits per heavy atom. The number of hydrogen-bond donors (Lipinski definition) is 1. The molecule has 158 valence electrons. The van der Waals surface area contributed by atoms with Gasteiger partial charge in [0.05, 0.1) is 31.2 Å². The van der Waals surface area contributed by atoms with Crippen LogP contribution < -0.4 is 14.8 Å². The van der Waals surface area contributed by atoms with Crippen LogP contribution in [-0.4, -0.2) is 45.6 Å². The lowest BCUT2D eigenvalue weighted by Gasteiger charge is -2.13. The maximum Gasteiger partial charge on any atom is 0.236 e. The van der Waals surface area contributed by atoms with Crippen LogP contribution in [0, 0.1) is 0 Å². The first-order valence-electron chi connectivity index (χ1n) is 9.25. The molecule has 2 aromatic carbocycles. The molecule has 0 unspecified atom stereocenters. The molecule has 0 aliphatic heterocycles. The number of para-hydroxylation sites is 1. The van der Waals surface area contributed by atoms with Crippen LogP contribution in [-0.2, 0) is 4.79 Å². The van der Waals surface area contributed by atoms with Crippen LogP contribution in [0.15, 0.2) is 65.3 Å². The van der Waals surface area contributed by atoms with Crippen molar-refractivity contribution in [2.45, 2.75) is 5.16 Å². The lowest BCUT2D eigenvalue weighted by atomic mass is 10.2. The number of carbonyl (C=O) groups excluding carboxylic acids is 1. The fourth-order valence-electron chi connectivity index (χ4n) is 2.90. The highest BCUT2D eigenvalue weighted by molar-refractivity contribution is 7.99. The molecule has 0 aliphatic rings. The topological polar surface area (TPSA) is 91.2 Å². The van der Waals surface area contributed by atoms with Gasteiger partial charge < -0.3 is 14.8 Å². The van der Waals surface area contributed by atoms with Crippen LogP contribution >= 0.6 is 23.1 Å². The minimum Gasteiger partial charge on any atom is -0.497 e. The predicted octanol–water partition coefficient (Wildman–Crippen LogP) is 4.14. The summed E-state index contributed by atoms with van der Waals surface area (Å²) >= 11 is 2.66. The minimum atomic E-state index is -0.164. The van der Waals surface area contributed by atoms with Crippen molar-refractivity contribution in [2.24, 2.45) is 0 Å². The number of amides is 1. The Morgan fingerprint density at radius 1 is 1.10 bits per heavy atom. The largest absolute Gasteiger partial charge is 0.497 e. The normalized spacial score (nSPS) is 10.6. The van der Waals surface area contributed by atoms with Gasteiger partial charge in [0, 0.05) is 11.6 Å². The summed E-state index contributed by atoms with van der Waals surface area (Å²) in [5, 5.41) is 14.5. The van der Waals surface area contributed by atoms with Gasteiger partial charge in [-0.2, -0.15) is 0 Å². The van der Waals surface area contributed by atoms with E-state index in [0.29, 0.717) is 21.9 Å². The molecule has 10 heteroatoms. The van der Waals surface area contributed by atoms with E-state index in [1.165, 1.54) is 23.1 Å². The standard InChI is InChI=1S/C21H19N5O3S2/c1-28-15-9-7-14(8-10-15)26-19(16-5-3-4-6-17(16)29-2)24-25-21(26)31-13-18(27)23-20-22-11-12-30-20/h3-12H,13H2,1-2H3,(H,22,23,27). The number of methoxy groups -OCH3 is 2. The van der Waals surface area contributed by atoms with Crippen LogP contribution in [0.3, 0.4) is 0 Å². The molecule has 0 bridgehead atoms. The quantitative estimate of drug-likeness (QED) is 0.401. The molecule has 2 aromatic heterocycles. The van der Waals surface area contributed by atoms with Crippen molar-refractivity contribution in [3.8, 4) is 28.6 Å². The molecule has 0 atom stereocenters. The molecule has 4 aromatic rings.